The molecule has 6 nitrogen and oxygen atoms in total. The third kappa shape index (κ3) is 42.1. The van der Waals surface area contributed by atoms with Gasteiger partial charge in [-0.2, -0.15) is 0 Å². The van der Waals surface area contributed by atoms with Crippen LogP contribution in [0, 0.1) is 0 Å². The van der Waals surface area contributed by atoms with Crippen LogP contribution in [0.25, 0.3) is 0 Å². The number of carbonyl (C=O) groups excluding carboxylic acids is 1. The van der Waals surface area contributed by atoms with E-state index < -0.39 is 36.9 Å². The van der Waals surface area contributed by atoms with Crippen LogP contribution in [0.4, 0.5) is 0 Å². The monoisotopic (exact) mass is 848 g/mol. The van der Waals surface area contributed by atoms with Gasteiger partial charge in [0.2, 0.25) is 5.91 Å². The highest BCUT2D eigenvalue weighted by Gasteiger charge is 2.28. The molecule has 0 aliphatic heterocycles. The van der Waals surface area contributed by atoms with Crippen molar-refractivity contribution in [1.82, 2.24) is 5.32 Å². The summed E-state index contributed by atoms with van der Waals surface area (Å²) in [4.78, 5) is 12.5. The van der Waals surface area contributed by atoms with Gasteiger partial charge in [-0.05, 0) is 64.2 Å². The van der Waals surface area contributed by atoms with Crippen LogP contribution in [0.15, 0.2) is 24.3 Å². The number of allylic oxidation sites excluding steroid dienone is 4. The Hall–Kier alpha value is -1.21. The van der Waals surface area contributed by atoms with Gasteiger partial charge in [0.1, 0.15) is 12.2 Å². The lowest BCUT2D eigenvalue weighted by Crippen LogP contribution is -2.53. The Labute approximate surface area is 374 Å². The topological polar surface area (TPSA) is 110 Å². The Balaban J connectivity index is 3.56. The molecule has 1 amide bonds. The molecule has 6 heteroatoms. The Morgan fingerprint density at radius 3 is 1.00 bits per heavy atom. The van der Waals surface area contributed by atoms with Gasteiger partial charge in [-0.15, -0.1) is 0 Å². The standard InChI is InChI=1S/C54H105NO5/c1-3-5-7-9-11-13-15-17-18-19-20-21-22-23-24-25-26-27-28-29-30-31-32-33-34-35-36-38-40-42-44-46-48-52(58)54(60)55-50(49-56)53(59)51(57)47-45-43-41-39-37-16-14-12-10-8-6-4-2/h23-24,39,41,50-53,56-59H,3-22,25-38,40,42-49H2,1-2H3,(H,55,60)/b24-23-,41-39+. The van der Waals surface area contributed by atoms with Crippen LogP contribution in [0.3, 0.4) is 0 Å². The molecule has 0 aromatic heterocycles. The number of nitrogens with one attached hydrogen (secondary N) is 1. The Morgan fingerprint density at radius 2 is 0.683 bits per heavy atom. The van der Waals surface area contributed by atoms with Gasteiger partial charge in [0.15, 0.2) is 0 Å². The molecule has 0 heterocycles. The molecule has 60 heavy (non-hydrogen) atoms. The SMILES string of the molecule is CCCCCCCCC/C=C/CCCC(O)C(O)C(CO)NC(=O)C(O)CCCCCCCCCCCCCCCCCC/C=C\CCCCCCCCCCCCCC. The van der Waals surface area contributed by atoms with Crippen molar-refractivity contribution in [2.45, 2.75) is 308 Å². The number of aliphatic hydroxyl groups excluding tert-OH is 4. The van der Waals surface area contributed by atoms with E-state index in [1.54, 1.807) is 0 Å². The number of aliphatic hydroxyl groups is 4. The molecule has 0 bridgehead atoms. The molecule has 0 aromatic carbocycles. The van der Waals surface area contributed by atoms with Gasteiger partial charge in [-0.3, -0.25) is 4.79 Å². The molecule has 0 spiro atoms. The lowest BCUT2D eigenvalue weighted by atomic mass is 10.00. The van der Waals surface area contributed by atoms with Crippen molar-refractivity contribution in [2.75, 3.05) is 6.61 Å². The van der Waals surface area contributed by atoms with Crippen LogP contribution in [0.1, 0.15) is 284 Å². The highest BCUT2D eigenvalue weighted by molar-refractivity contribution is 5.80. The second-order valence-corrected chi connectivity index (χ2v) is 18.6. The lowest BCUT2D eigenvalue weighted by Gasteiger charge is -2.27. The zero-order chi connectivity index (χ0) is 43.8. The van der Waals surface area contributed by atoms with Gasteiger partial charge in [-0.1, -0.05) is 244 Å². The summed E-state index contributed by atoms with van der Waals surface area (Å²) in [5.41, 5.74) is 0. The van der Waals surface area contributed by atoms with Crippen molar-refractivity contribution in [3.05, 3.63) is 24.3 Å². The number of hydrogen-bond acceptors (Lipinski definition) is 5. The van der Waals surface area contributed by atoms with Crippen molar-refractivity contribution in [3.8, 4) is 0 Å². The molecule has 0 aromatic rings. The molecule has 0 saturated carbocycles. The average Bonchev–Trinajstić information content (AvgIpc) is 3.25. The minimum Gasteiger partial charge on any atom is -0.394 e. The van der Waals surface area contributed by atoms with Crippen LogP contribution in [0.2, 0.25) is 0 Å². The summed E-state index contributed by atoms with van der Waals surface area (Å²) in [6.45, 7) is 4.04. The fourth-order valence-corrected chi connectivity index (χ4v) is 8.40. The first-order valence-corrected chi connectivity index (χ1v) is 26.7. The van der Waals surface area contributed by atoms with Crippen molar-refractivity contribution >= 4 is 5.91 Å². The van der Waals surface area contributed by atoms with Crippen molar-refractivity contribution in [2.24, 2.45) is 0 Å². The number of amides is 1. The normalized spacial score (nSPS) is 14.0. The summed E-state index contributed by atoms with van der Waals surface area (Å²) in [6.07, 6.45) is 58.3. The molecule has 0 aliphatic carbocycles. The summed E-state index contributed by atoms with van der Waals surface area (Å²) in [5, 5.41) is 43.7. The summed E-state index contributed by atoms with van der Waals surface area (Å²) in [5.74, 6) is -0.591. The predicted molar refractivity (Wildman–Crippen MR) is 261 cm³/mol. The van der Waals surface area contributed by atoms with Gasteiger partial charge < -0.3 is 25.7 Å². The molecule has 4 unspecified atom stereocenters. The molecule has 0 fully saturated rings. The molecule has 0 radical (unpaired) electrons. The zero-order valence-corrected chi connectivity index (χ0v) is 40.2. The maximum absolute atomic E-state index is 12.5. The number of hydrogen-bond donors (Lipinski definition) is 5. The van der Waals surface area contributed by atoms with Crippen LogP contribution in [-0.4, -0.2) is 57.3 Å². The first kappa shape index (κ1) is 58.8. The summed E-state index contributed by atoms with van der Waals surface area (Å²) in [7, 11) is 0. The van der Waals surface area contributed by atoms with Crippen molar-refractivity contribution < 1.29 is 25.2 Å². The highest BCUT2D eigenvalue weighted by Crippen LogP contribution is 2.17. The number of rotatable bonds is 49. The van der Waals surface area contributed by atoms with Gasteiger partial charge >= 0.3 is 0 Å². The van der Waals surface area contributed by atoms with E-state index in [9.17, 15) is 25.2 Å². The molecular weight excluding hydrogens is 743 g/mol. The van der Waals surface area contributed by atoms with E-state index in [-0.39, 0.29) is 0 Å². The van der Waals surface area contributed by atoms with Gasteiger partial charge in [0, 0.05) is 0 Å². The first-order chi connectivity index (χ1) is 29.5. The third-order valence-corrected chi connectivity index (χ3v) is 12.6. The molecule has 0 aliphatic rings. The van der Waals surface area contributed by atoms with E-state index in [1.165, 1.54) is 218 Å². The fourth-order valence-electron chi connectivity index (χ4n) is 8.40. The summed E-state index contributed by atoms with van der Waals surface area (Å²) < 4.78 is 0. The largest absolute Gasteiger partial charge is 0.394 e. The van der Waals surface area contributed by atoms with E-state index in [0.717, 1.165) is 38.5 Å². The predicted octanol–water partition coefficient (Wildman–Crippen LogP) is 15.1. The Morgan fingerprint density at radius 1 is 0.400 bits per heavy atom. The Kier molecular flexibility index (Phi) is 47.8. The second kappa shape index (κ2) is 48.8. The summed E-state index contributed by atoms with van der Waals surface area (Å²) in [6, 6.07) is -0.999. The van der Waals surface area contributed by atoms with Gasteiger partial charge in [0.05, 0.1) is 18.8 Å². The Bertz CT molecular complexity index is 909. The van der Waals surface area contributed by atoms with Crippen molar-refractivity contribution in [1.29, 1.82) is 0 Å². The number of unbranched alkanes of at least 4 members (excludes halogenated alkanes) is 36. The second-order valence-electron chi connectivity index (χ2n) is 18.6. The van der Waals surface area contributed by atoms with Crippen LogP contribution in [0.5, 0.6) is 0 Å². The molecule has 356 valence electrons. The number of carbonyl (C=O) groups is 1. The zero-order valence-electron chi connectivity index (χ0n) is 40.2. The minimum atomic E-state index is -1.28. The van der Waals surface area contributed by atoms with Gasteiger partial charge in [0.25, 0.3) is 0 Å². The van der Waals surface area contributed by atoms with E-state index in [0.29, 0.717) is 12.8 Å². The van der Waals surface area contributed by atoms with Gasteiger partial charge in [-0.25, -0.2) is 0 Å². The first-order valence-electron chi connectivity index (χ1n) is 26.7. The van der Waals surface area contributed by atoms with E-state index in [1.807, 2.05) is 0 Å². The summed E-state index contributed by atoms with van der Waals surface area (Å²) >= 11 is 0. The molecule has 0 saturated heterocycles. The maximum atomic E-state index is 12.5. The quantitative estimate of drug-likeness (QED) is 0.0309. The van der Waals surface area contributed by atoms with Crippen LogP contribution in [-0.2, 0) is 4.79 Å². The van der Waals surface area contributed by atoms with Crippen LogP contribution >= 0.6 is 0 Å². The maximum Gasteiger partial charge on any atom is 0.249 e. The molecule has 5 N–H and O–H groups in total. The fraction of sp³-hybridized carbons (Fsp3) is 0.907. The third-order valence-electron chi connectivity index (χ3n) is 12.6. The molecular formula is C54H105NO5. The molecule has 0 rings (SSSR count). The van der Waals surface area contributed by atoms with E-state index >= 15 is 0 Å². The lowest BCUT2D eigenvalue weighted by molar-refractivity contribution is -0.132. The molecule has 4 atom stereocenters. The smallest absolute Gasteiger partial charge is 0.249 e. The van der Waals surface area contributed by atoms with Crippen LogP contribution < -0.4 is 5.32 Å². The highest BCUT2D eigenvalue weighted by atomic mass is 16.3. The average molecular weight is 848 g/mol. The van der Waals surface area contributed by atoms with E-state index in [2.05, 4.69) is 43.5 Å². The minimum absolute atomic E-state index is 0.366. The van der Waals surface area contributed by atoms with E-state index in [4.69, 9.17) is 0 Å². The van der Waals surface area contributed by atoms with Crippen molar-refractivity contribution in [3.63, 3.8) is 0 Å².